The van der Waals surface area contributed by atoms with E-state index in [9.17, 15) is 0 Å². The minimum atomic E-state index is -0.554. The van der Waals surface area contributed by atoms with Crippen LogP contribution >= 0.6 is 23.2 Å². The molecule has 0 aromatic heterocycles. The third-order valence-electron chi connectivity index (χ3n) is 1.45. The van der Waals surface area contributed by atoms with Crippen molar-refractivity contribution >= 4 is 23.2 Å². The van der Waals surface area contributed by atoms with Gasteiger partial charge in [-0.05, 0) is 6.42 Å². The van der Waals surface area contributed by atoms with Crippen molar-refractivity contribution in [2.75, 3.05) is 6.61 Å². The van der Waals surface area contributed by atoms with Gasteiger partial charge in [0.25, 0.3) is 0 Å². The molecular formula is C6H10Cl2O. The van der Waals surface area contributed by atoms with E-state index in [0.29, 0.717) is 6.10 Å². The Bertz CT molecular complexity index is 99.2. The quantitative estimate of drug-likeness (QED) is 0.466. The molecule has 0 spiro atoms. The molecule has 9 heavy (non-hydrogen) atoms. The van der Waals surface area contributed by atoms with Gasteiger partial charge in [0, 0.05) is 6.42 Å². The Morgan fingerprint density at radius 1 is 1.67 bits per heavy atom. The molecule has 1 saturated heterocycles. The first kappa shape index (κ1) is 7.64. The lowest BCUT2D eigenvalue weighted by atomic mass is 10.2. The van der Waals surface area contributed by atoms with Crippen LogP contribution in [0.2, 0.25) is 0 Å². The zero-order valence-electron chi connectivity index (χ0n) is 5.36. The van der Waals surface area contributed by atoms with Crippen LogP contribution in [0.5, 0.6) is 0 Å². The molecule has 0 amide bonds. The standard InChI is InChI=1S/C6H10Cl2O/c1-2-6(7,8)3-5-4-9-5/h5H,2-4H2,1H3. The highest BCUT2D eigenvalue weighted by atomic mass is 35.5. The Morgan fingerprint density at radius 2 is 2.22 bits per heavy atom. The molecule has 0 aliphatic carbocycles. The molecule has 0 aromatic rings. The van der Waals surface area contributed by atoms with Crippen molar-refractivity contribution in [3.05, 3.63) is 0 Å². The largest absolute Gasteiger partial charge is 0.373 e. The van der Waals surface area contributed by atoms with Crippen LogP contribution in [0.1, 0.15) is 19.8 Å². The monoisotopic (exact) mass is 168 g/mol. The number of rotatable bonds is 3. The van der Waals surface area contributed by atoms with Gasteiger partial charge in [-0.1, -0.05) is 6.92 Å². The van der Waals surface area contributed by atoms with E-state index in [4.69, 9.17) is 27.9 Å². The molecule has 1 aliphatic rings. The summed E-state index contributed by atoms with van der Waals surface area (Å²) in [6.45, 7) is 2.81. The predicted octanol–water partition coefficient (Wildman–Crippen LogP) is 2.36. The molecule has 1 unspecified atom stereocenters. The molecule has 1 rings (SSSR count). The van der Waals surface area contributed by atoms with E-state index in [1.165, 1.54) is 0 Å². The fraction of sp³-hybridized carbons (Fsp3) is 1.00. The minimum Gasteiger partial charge on any atom is -0.373 e. The highest BCUT2D eigenvalue weighted by Crippen LogP contribution is 2.34. The molecule has 1 heterocycles. The molecule has 1 nitrogen and oxygen atoms in total. The first-order valence-corrected chi connectivity index (χ1v) is 3.89. The number of hydrogen-bond acceptors (Lipinski definition) is 1. The van der Waals surface area contributed by atoms with E-state index in [2.05, 4.69) is 0 Å². The number of halogens is 2. The second kappa shape index (κ2) is 2.65. The van der Waals surface area contributed by atoms with Crippen LogP contribution in [-0.4, -0.2) is 17.0 Å². The van der Waals surface area contributed by atoms with Crippen molar-refractivity contribution in [2.45, 2.75) is 30.2 Å². The lowest BCUT2D eigenvalue weighted by Gasteiger charge is -2.14. The summed E-state index contributed by atoms with van der Waals surface area (Å²) in [6, 6.07) is 0. The maximum atomic E-state index is 5.84. The van der Waals surface area contributed by atoms with E-state index in [1.807, 2.05) is 6.92 Å². The molecule has 1 atom stereocenters. The summed E-state index contributed by atoms with van der Waals surface area (Å²) in [5.74, 6) is 0. The van der Waals surface area contributed by atoms with Gasteiger partial charge in [0.05, 0.1) is 12.7 Å². The van der Waals surface area contributed by atoms with Gasteiger partial charge in [0.1, 0.15) is 4.33 Å². The smallest absolute Gasteiger partial charge is 0.120 e. The molecule has 1 fully saturated rings. The number of ether oxygens (including phenoxy) is 1. The Morgan fingerprint density at radius 3 is 2.56 bits per heavy atom. The van der Waals surface area contributed by atoms with E-state index in [0.717, 1.165) is 19.4 Å². The molecular weight excluding hydrogens is 159 g/mol. The van der Waals surface area contributed by atoms with Crippen LogP contribution in [0, 0.1) is 0 Å². The zero-order chi connectivity index (χ0) is 6.91. The Balaban J connectivity index is 2.21. The van der Waals surface area contributed by atoms with Crippen LogP contribution in [-0.2, 0) is 4.74 Å². The molecule has 3 heteroatoms. The third-order valence-corrected chi connectivity index (χ3v) is 2.29. The van der Waals surface area contributed by atoms with Crippen LogP contribution in [0.15, 0.2) is 0 Å². The first-order valence-electron chi connectivity index (χ1n) is 3.13. The molecule has 0 N–H and O–H groups in total. The van der Waals surface area contributed by atoms with Gasteiger partial charge in [0.15, 0.2) is 0 Å². The second-order valence-electron chi connectivity index (χ2n) is 2.37. The highest BCUT2D eigenvalue weighted by Gasteiger charge is 2.33. The van der Waals surface area contributed by atoms with E-state index in [1.54, 1.807) is 0 Å². The summed E-state index contributed by atoms with van der Waals surface area (Å²) in [5, 5.41) is 0. The van der Waals surface area contributed by atoms with Crippen molar-refractivity contribution < 1.29 is 4.74 Å². The number of epoxide rings is 1. The SMILES string of the molecule is CCC(Cl)(Cl)CC1CO1. The number of alkyl halides is 2. The fourth-order valence-electron chi connectivity index (χ4n) is 0.663. The molecule has 54 valence electrons. The Kier molecular flexibility index (Phi) is 2.25. The second-order valence-corrected chi connectivity index (χ2v) is 4.01. The van der Waals surface area contributed by atoms with Gasteiger partial charge in [0.2, 0.25) is 0 Å². The molecule has 0 bridgehead atoms. The van der Waals surface area contributed by atoms with E-state index in [-0.39, 0.29) is 0 Å². The normalized spacial score (nSPS) is 26.3. The molecule has 0 aromatic carbocycles. The third kappa shape index (κ3) is 2.74. The maximum absolute atomic E-state index is 5.84. The maximum Gasteiger partial charge on any atom is 0.120 e. The zero-order valence-corrected chi connectivity index (χ0v) is 6.87. The van der Waals surface area contributed by atoms with Crippen molar-refractivity contribution in [2.24, 2.45) is 0 Å². The van der Waals surface area contributed by atoms with E-state index < -0.39 is 4.33 Å². The van der Waals surface area contributed by atoms with Crippen molar-refractivity contribution in [1.29, 1.82) is 0 Å². The van der Waals surface area contributed by atoms with E-state index >= 15 is 0 Å². The van der Waals surface area contributed by atoms with Crippen molar-refractivity contribution in [1.82, 2.24) is 0 Å². The average Bonchev–Trinajstić information content (AvgIpc) is 2.50. The minimum absolute atomic E-state index is 0.333. The fourth-order valence-corrected chi connectivity index (χ4v) is 1.01. The van der Waals surface area contributed by atoms with Gasteiger partial charge < -0.3 is 4.74 Å². The van der Waals surface area contributed by atoms with Crippen LogP contribution in [0.4, 0.5) is 0 Å². The van der Waals surface area contributed by atoms with Gasteiger partial charge >= 0.3 is 0 Å². The molecule has 0 radical (unpaired) electrons. The lowest BCUT2D eigenvalue weighted by Crippen LogP contribution is -2.13. The lowest BCUT2D eigenvalue weighted by molar-refractivity contribution is 0.386. The number of hydrogen-bond donors (Lipinski definition) is 0. The molecule has 0 saturated carbocycles. The highest BCUT2D eigenvalue weighted by molar-refractivity contribution is 6.48. The summed E-state index contributed by atoms with van der Waals surface area (Å²) >= 11 is 11.7. The van der Waals surface area contributed by atoms with Gasteiger partial charge in [-0.25, -0.2) is 0 Å². The summed E-state index contributed by atoms with van der Waals surface area (Å²) in [5.41, 5.74) is 0. The Labute approximate surface area is 65.3 Å². The summed E-state index contributed by atoms with van der Waals surface area (Å²) in [6.07, 6.45) is 1.89. The van der Waals surface area contributed by atoms with Crippen LogP contribution in [0.3, 0.4) is 0 Å². The van der Waals surface area contributed by atoms with Crippen molar-refractivity contribution in [3.8, 4) is 0 Å². The van der Waals surface area contributed by atoms with Gasteiger partial charge in [-0.15, -0.1) is 23.2 Å². The summed E-state index contributed by atoms with van der Waals surface area (Å²) in [4.78, 5) is 0. The predicted molar refractivity (Wildman–Crippen MR) is 39.1 cm³/mol. The summed E-state index contributed by atoms with van der Waals surface area (Å²) < 4.78 is 4.42. The van der Waals surface area contributed by atoms with Crippen molar-refractivity contribution in [3.63, 3.8) is 0 Å². The Hall–Kier alpha value is 0.540. The first-order chi connectivity index (χ1) is 4.14. The average molecular weight is 169 g/mol. The summed E-state index contributed by atoms with van der Waals surface area (Å²) in [7, 11) is 0. The van der Waals surface area contributed by atoms with Gasteiger partial charge in [-0.3, -0.25) is 0 Å². The van der Waals surface area contributed by atoms with Gasteiger partial charge in [-0.2, -0.15) is 0 Å². The topological polar surface area (TPSA) is 12.5 Å². The molecule has 1 aliphatic heterocycles. The van der Waals surface area contributed by atoms with Crippen LogP contribution in [0.25, 0.3) is 0 Å². The van der Waals surface area contributed by atoms with Crippen LogP contribution < -0.4 is 0 Å².